The molecule has 0 bridgehead atoms. The second-order valence-corrected chi connectivity index (χ2v) is 4.90. The van der Waals surface area contributed by atoms with Crippen molar-refractivity contribution >= 4 is 11.8 Å². The van der Waals surface area contributed by atoms with E-state index in [-0.39, 0.29) is 0 Å². The van der Waals surface area contributed by atoms with Crippen LogP contribution in [0.4, 0.5) is 0 Å². The second kappa shape index (κ2) is 4.37. The Morgan fingerprint density at radius 1 is 1.43 bits per heavy atom. The highest BCUT2D eigenvalue weighted by atomic mass is 32.2. The molecular weight excluding hydrogens is 190 g/mol. The fourth-order valence-electron chi connectivity index (χ4n) is 2.00. The van der Waals surface area contributed by atoms with Gasteiger partial charge in [0.2, 0.25) is 0 Å². The fraction of sp³-hybridized carbons (Fsp3) is 0.500. The molecule has 0 N–H and O–H groups in total. The first-order valence-electron chi connectivity index (χ1n) is 5.25. The summed E-state index contributed by atoms with van der Waals surface area (Å²) in [6, 6.07) is 9.45. The van der Waals surface area contributed by atoms with E-state index in [2.05, 4.69) is 43.1 Å². The van der Waals surface area contributed by atoms with Crippen LogP contribution in [-0.2, 0) is 0 Å². The average molecular weight is 207 g/mol. The van der Waals surface area contributed by atoms with E-state index in [1.165, 1.54) is 22.6 Å². The Kier molecular flexibility index (Phi) is 3.14. The molecule has 1 aromatic carbocycles. The molecule has 2 rings (SSSR count). The Bertz CT molecular complexity index is 311. The monoisotopic (exact) mass is 207 g/mol. The van der Waals surface area contributed by atoms with E-state index in [4.69, 9.17) is 0 Å². The van der Waals surface area contributed by atoms with E-state index in [0.717, 1.165) is 6.54 Å². The van der Waals surface area contributed by atoms with Gasteiger partial charge in [-0.15, -0.1) is 11.8 Å². The molecular formula is C12H17NS. The van der Waals surface area contributed by atoms with Gasteiger partial charge in [0.05, 0.1) is 0 Å². The summed E-state index contributed by atoms with van der Waals surface area (Å²) >= 11 is 1.99. The van der Waals surface area contributed by atoms with Crippen LogP contribution in [0.15, 0.2) is 29.2 Å². The standard InChI is InChI=1S/C12H17NS/c1-3-13(2)11-8-9-14-12-7-5-4-6-10(11)12/h4-7,11H,3,8-9H2,1-2H3. The summed E-state index contributed by atoms with van der Waals surface area (Å²) < 4.78 is 0. The summed E-state index contributed by atoms with van der Waals surface area (Å²) in [6.07, 6.45) is 1.28. The number of thioether (sulfide) groups is 1. The molecule has 2 heteroatoms. The maximum Gasteiger partial charge on any atom is 0.0364 e. The Morgan fingerprint density at radius 3 is 3.00 bits per heavy atom. The van der Waals surface area contributed by atoms with Crippen LogP contribution in [0.5, 0.6) is 0 Å². The van der Waals surface area contributed by atoms with E-state index < -0.39 is 0 Å². The van der Waals surface area contributed by atoms with Gasteiger partial charge in [-0.3, -0.25) is 4.90 Å². The largest absolute Gasteiger partial charge is 0.300 e. The summed E-state index contributed by atoms with van der Waals surface area (Å²) in [7, 11) is 2.22. The van der Waals surface area contributed by atoms with E-state index in [1.807, 2.05) is 11.8 Å². The molecule has 0 aromatic heterocycles. The molecule has 1 unspecified atom stereocenters. The first-order chi connectivity index (χ1) is 6.83. The molecule has 0 saturated heterocycles. The highest BCUT2D eigenvalue weighted by Crippen LogP contribution is 2.38. The first kappa shape index (κ1) is 10.1. The third-order valence-electron chi connectivity index (χ3n) is 2.96. The van der Waals surface area contributed by atoms with E-state index in [9.17, 15) is 0 Å². The fourth-order valence-corrected chi connectivity index (χ4v) is 3.11. The third kappa shape index (κ3) is 1.82. The molecule has 1 aromatic rings. The molecule has 0 radical (unpaired) electrons. The molecule has 1 atom stereocenters. The van der Waals surface area contributed by atoms with Crippen LogP contribution in [-0.4, -0.2) is 24.2 Å². The van der Waals surface area contributed by atoms with Crippen molar-refractivity contribution in [1.82, 2.24) is 4.90 Å². The van der Waals surface area contributed by atoms with Crippen LogP contribution in [0.25, 0.3) is 0 Å². The maximum atomic E-state index is 2.44. The lowest BCUT2D eigenvalue weighted by molar-refractivity contribution is 0.248. The van der Waals surface area contributed by atoms with Gasteiger partial charge in [0.1, 0.15) is 0 Å². The van der Waals surface area contributed by atoms with Gasteiger partial charge in [-0.25, -0.2) is 0 Å². The molecule has 0 aliphatic carbocycles. The van der Waals surface area contributed by atoms with Crippen molar-refractivity contribution in [3.05, 3.63) is 29.8 Å². The predicted molar refractivity (Wildman–Crippen MR) is 62.8 cm³/mol. The zero-order valence-corrected chi connectivity index (χ0v) is 9.68. The van der Waals surface area contributed by atoms with Crippen molar-refractivity contribution < 1.29 is 0 Å². The number of fused-ring (bicyclic) bond motifs is 1. The minimum Gasteiger partial charge on any atom is -0.300 e. The van der Waals surface area contributed by atoms with Crippen LogP contribution in [0, 0.1) is 0 Å². The number of benzene rings is 1. The van der Waals surface area contributed by atoms with Crippen LogP contribution in [0.2, 0.25) is 0 Å². The van der Waals surface area contributed by atoms with Gasteiger partial charge in [0, 0.05) is 10.9 Å². The molecule has 1 aliphatic rings. The molecule has 1 aliphatic heterocycles. The summed E-state index contributed by atoms with van der Waals surface area (Å²) in [4.78, 5) is 3.92. The minimum atomic E-state index is 0.637. The molecule has 76 valence electrons. The SMILES string of the molecule is CCN(C)C1CCSc2ccccc21. The van der Waals surface area contributed by atoms with Gasteiger partial charge >= 0.3 is 0 Å². The van der Waals surface area contributed by atoms with Gasteiger partial charge in [-0.05, 0) is 37.4 Å². The smallest absolute Gasteiger partial charge is 0.0364 e. The third-order valence-corrected chi connectivity index (χ3v) is 4.08. The lowest BCUT2D eigenvalue weighted by Crippen LogP contribution is -2.26. The lowest BCUT2D eigenvalue weighted by atomic mass is 10.0. The molecule has 0 fully saturated rings. The van der Waals surface area contributed by atoms with Crippen molar-refractivity contribution in [2.75, 3.05) is 19.3 Å². The van der Waals surface area contributed by atoms with Crippen molar-refractivity contribution in [2.24, 2.45) is 0 Å². The zero-order chi connectivity index (χ0) is 9.97. The van der Waals surface area contributed by atoms with Crippen molar-refractivity contribution in [1.29, 1.82) is 0 Å². The lowest BCUT2D eigenvalue weighted by Gasteiger charge is -2.32. The van der Waals surface area contributed by atoms with Crippen molar-refractivity contribution in [3.63, 3.8) is 0 Å². The normalized spacial score (nSPS) is 20.9. The Balaban J connectivity index is 2.30. The topological polar surface area (TPSA) is 3.24 Å². The van der Waals surface area contributed by atoms with Crippen LogP contribution in [0.1, 0.15) is 24.9 Å². The van der Waals surface area contributed by atoms with Gasteiger partial charge in [-0.2, -0.15) is 0 Å². The molecule has 0 saturated carbocycles. The van der Waals surface area contributed by atoms with Crippen LogP contribution < -0.4 is 0 Å². The Labute approximate surface area is 90.5 Å². The van der Waals surface area contributed by atoms with E-state index in [0.29, 0.717) is 6.04 Å². The highest BCUT2D eigenvalue weighted by molar-refractivity contribution is 7.99. The minimum absolute atomic E-state index is 0.637. The van der Waals surface area contributed by atoms with Crippen LogP contribution >= 0.6 is 11.8 Å². The molecule has 0 spiro atoms. The molecule has 0 amide bonds. The van der Waals surface area contributed by atoms with Crippen molar-refractivity contribution in [3.8, 4) is 0 Å². The maximum absolute atomic E-state index is 2.44. The quantitative estimate of drug-likeness (QED) is 0.733. The summed E-state index contributed by atoms with van der Waals surface area (Å²) in [5.41, 5.74) is 1.52. The molecule has 1 nitrogen and oxygen atoms in total. The molecule has 1 heterocycles. The van der Waals surface area contributed by atoms with Crippen LogP contribution in [0.3, 0.4) is 0 Å². The summed E-state index contributed by atoms with van der Waals surface area (Å²) in [5.74, 6) is 1.26. The zero-order valence-electron chi connectivity index (χ0n) is 8.86. The first-order valence-corrected chi connectivity index (χ1v) is 6.23. The van der Waals surface area contributed by atoms with Gasteiger partial charge in [0.25, 0.3) is 0 Å². The highest BCUT2D eigenvalue weighted by Gasteiger charge is 2.22. The second-order valence-electron chi connectivity index (χ2n) is 3.76. The Hall–Kier alpha value is -0.470. The number of hydrogen-bond donors (Lipinski definition) is 0. The van der Waals surface area contributed by atoms with Crippen molar-refractivity contribution in [2.45, 2.75) is 24.3 Å². The number of rotatable bonds is 2. The number of nitrogens with zero attached hydrogens (tertiary/aromatic N) is 1. The average Bonchev–Trinajstić information content (AvgIpc) is 2.27. The predicted octanol–water partition coefficient (Wildman–Crippen LogP) is 3.18. The van der Waals surface area contributed by atoms with Gasteiger partial charge < -0.3 is 0 Å². The number of hydrogen-bond acceptors (Lipinski definition) is 2. The van der Waals surface area contributed by atoms with E-state index >= 15 is 0 Å². The van der Waals surface area contributed by atoms with Gasteiger partial charge in [0.15, 0.2) is 0 Å². The molecule has 14 heavy (non-hydrogen) atoms. The Morgan fingerprint density at radius 2 is 2.21 bits per heavy atom. The van der Waals surface area contributed by atoms with Gasteiger partial charge in [-0.1, -0.05) is 25.1 Å². The summed E-state index contributed by atoms with van der Waals surface area (Å²) in [6.45, 7) is 3.36. The summed E-state index contributed by atoms with van der Waals surface area (Å²) in [5, 5.41) is 0. The van der Waals surface area contributed by atoms with E-state index in [1.54, 1.807) is 0 Å².